The van der Waals surface area contributed by atoms with E-state index < -0.39 is 16.0 Å². The third-order valence-electron chi connectivity index (χ3n) is 6.21. The number of aromatic carboxylic acids is 1. The summed E-state index contributed by atoms with van der Waals surface area (Å²) >= 11 is 1.21. The first-order valence-corrected chi connectivity index (χ1v) is 14.6. The SMILES string of the molecule is O=C(O)c1ccc(SCc2ccccc2F)c(S(=O)(=O)N2CCCCCCCCCCCC2)c1. The van der Waals surface area contributed by atoms with Crippen LogP contribution < -0.4 is 0 Å². The van der Waals surface area contributed by atoms with Crippen molar-refractivity contribution in [3.8, 4) is 0 Å². The number of carboxylic acid groups (broad SMARTS) is 1. The third-order valence-corrected chi connectivity index (χ3v) is 9.40. The Morgan fingerprint density at radius 2 is 1.44 bits per heavy atom. The molecule has 34 heavy (non-hydrogen) atoms. The first kappa shape index (κ1) is 26.7. The number of hydrogen-bond donors (Lipinski definition) is 1. The van der Waals surface area contributed by atoms with Gasteiger partial charge in [-0.3, -0.25) is 0 Å². The molecule has 0 radical (unpaired) electrons. The molecule has 5 nitrogen and oxygen atoms in total. The number of nitrogens with zero attached hydrogens (tertiary/aromatic N) is 1. The second-order valence-corrected chi connectivity index (χ2v) is 11.7. The molecule has 0 amide bonds. The number of thioether (sulfide) groups is 1. The average Bonchev–Trinajstić information content (AvgIpc) is 2.85. The van der Waals surface area contributed by atoms with Gasteiger partial charge in [-0.2, -0.15) is 4.31 Å². The lowest BCUT2D eigenvalue weighted by Gasteiger charge is -2.24. The largest absolute Gasteiger partial charge is 0.478 e. The van der Waals surface area contributed by atoms with Gasteiger partial charge >= 0.3 is 5.97 Å². The summed E-state index contributed by atoms with van der Waals surface area (Å²) in [6.07, 6.45) is 10.6. The van der Waals surface area contributed by atoms with Crippen molar-refractivity contribution < 1.29 is 22.7 Å². The Morgan fingerprint density at radius 3 is 2.00 bits per heavy atom. The van der Waals surface area contributed by atoms with Gasteiger partial charge in [-0.05, 0) is 42.7 Å². The van der Waals surface area contributed by atoms with Crippen LogP contribution in [0, 0.1) is 5.82 Å². The fourth-order valence-corrected chi connectivity index (χ4v) is 7.23. The van der Waals surface area contributed by atoms with Gasteiger partial charge in [-0.1, -0.05) is 69.6 Å². The lowest BCUT2D eigenvalue weighted by molar-refractivity contribution is 0.0696. The van der Waals surface area contributed by atoms with Crippen LogP contribution >= 0.6 is 11.8 Å². The van der Waals surface area contributed by atoms with E-state index in [4.69, 9.17) is 0 Å². The molecule has 0 bridgehead atoms. The van der Waals surface area contributed by atoms with Crippen LogP contribution in [0.2, 0.25) is 0 Å². The molecule has 1 fully saturated rings. The highest BCUT2D eigenvalue weighted by Gasteiger charge is 2.28. The van der Waals surface area contributed by atoms with Crippen LogP contribution in [0.5, 0.6) is 0 Å². The summed E-state index contributed by atoms with van der Waals surface area (Å²) in [4.78, 5) is 12.1. The van der Waals surface area contributed by atoms with E-state index in [1.807, 2.05) is 0 Å². The van der Waals surface area contributed by atoms with E-state index in [2.05, 4.69) is 0 Å². The molecule has 0 unspecified atom stereocenters. The van der Waals surface area contributed by atoms with Gasteiger partial charge < -0.3 is 5.11 Å². The van der Waals surface area contributed by atoms with Gasteiger partial charge in [0.15, 0.2) is 0 Å². The van der Waals surface area contributed by atoms with Gasteiger partial charge in [0.1, 0.15) is 5.82 Å². The lowest BCUT2D eigenvalue weighted by Crippen LogP contribution is -2.33. The Hall–Kier alpha value is -1.90. The number of sulfonamides is 1. The maximum absolute atomic E-state index is 14.1. The zero-order valence-corrected chi connectivity index (χ0v) is 21.2. The zero-order valence-electron chi connectivity index (χ0n) is 19.5. The molecular weight excluding hydrogens is 473 g/mol. The van der Waals surface area contributed by atoms with Crippen LogP contribution in [0.1, 0.15) is 80.1 Å². The van der Waals surface area contributed by atoms with Crippen molar-refractivity contribution in [1.82, 2.24) is 4.31 Å². The molecule has 186 valence electrons. The quantitative estimate of drug-likeness (QED) is 0.439. The summed E-state index contributed by atoms with van der Waals surface area (Å²) < 4.78 is 43.2. The van der Waals surface area contributed by atoms with E-state index in [-0.39, 0.29) is 22.0 Å². The Kier molecular flexibility index (Phi) is 10.4. The average molecular weight is 508 g/mol. The normalized spacial score (nSPS) is 17.3. The molecule has 1 aliphatic rings. The van der Waals surface area contributed by atoms with E-state index >= 15 is 0 Å². The molecule has 1 heterocycles. The summed E-state index contributed by atoms with van der Waals surface area (Å²) in [6.45, 7) is 0.855. The predicted molar refractivity (Wildman–Crippen MR) is 134 cm³/mol. The standard InChI is InChI=1S/C26H34FNO4S2/c27-23-14-10-9-13-22(23)20-33-24-16-15-21(26(29)30)19-25(24)34(31,32)28-17-11-7-5-3-1-2-4-6-8-12-18-28/h9-10,13-16,19H,1-8,11-12,17-18,20H2,(H,29,30). The molecule has 0 atom stereocenters. The van der Waals surface area contributed by atoms with E-state index in [1.54, 1.807) is 18.2 Å². The van der Waals surface area contributed by atoms with Crippen LogP contribution in [0.25, 0.3) is 0 Å². The van der Waals surface area contributed by atoms with Crippen molar-refractivity contribution in [3.05, 3.63) is 59.4 Å². The number of carbonyl (C=O) groups is 1. The van der Waals surface area contributed by atoms with Crippen LogP contribution in [0.15, 0.2) is 52.3 Å². The van der Waals surface area contributed by atoms with Gasteiger partial charge in [-0.15, -0.1) is 11.8 Å². The van der Waals surface area contributed by atoms with Gasteiger partial charge in [0.25, 0.3) is 0 Å². The minimum absolute atomic E-state index is 0.00180. The minimum Gasteiger partial charge on any atom is -0.478 e. The fourth-order valence-electron chi connectivity index (χ4n) is 4.21. The molecule has 1 aliphatic heterocycles. The Labute approximate surface area is 206 Å². The number of benzene rings is 2. The number of rotatable bonds is 6. The molecule has 8 heteroatoms. The highest BCUT2D eigenvalue weighted by molar-refractivity contribution is 7.99. The summed E-state index contributed by atoms with van der Waals surface area (Å²) in [5.74, 6) is -1.27. The number of carboxylic acids is 1. The van der Waals surface area contributed by atoms with E-state index in [9.17, 15) is 22.7 Å². The van der Waals surface area contributed by atoms with Crippen molar-refractivity contribution in [2.75, 3.05) is 13.1 Å². The van der Waals surface area contributed by atoms with Crippen LogP contribution in [0.3, 0.4) is 0 Å². The fraction of sp³-hybridized carbons (Fsp3) is 0.500. The summed E-state index contributed by atoms with van der Waals surface area (Å²) in [6, 6.07) is 10.6. The molecule has 0 aliphatic carbocycles. The van der Waals surface area contributed by atoms with Gasteiger partial charge in [-0.25, -0.2) is 17.6 Å². The molecule has 2 aromatic carbocycles. The Balaban J connectivity index is 1.88. The first-order chi connectivity index (χ1) is 16.4. The predicted octanol–water partition coefficient (Wildman–Crippen LogP) is 6.72. The molecule has 0 spiro atoms. The second kappa shape index (κ2) is 13.3. The van der Waals surface area contributed by atoms with Crippen molar-refractivity contribution in [2.45, 2.75) is 79.8 Å². The van der Waals surface area contributed by atoms with Gasteiger partial charge in [0.05, 0.1) is 10.5 Å². The molecule has 2 aromatic rings. The maximum Gasteiger partial charge on any atom is 0.335 e. The van der Waals surface area contributed by atoms with Crippen LogP contribution in [0.4, 0.5) is 4.39 Å². The minimum atomic E-state index is -3.91. The molecule has 0 saturated carbocycles. The monoisotopic (exact) mass is 507 g/mol. The second-order valence-electron chi connectivity index (χ2n) is 8.79. The van der Waals surface area contributed by atoms with Crippen molar-refractivity contribution in [2.24, 2.45) is 0 Å². The van der Waals surface area contributed by atoms with E-state index in [0.29, 0.717) is 23.5 Å². The first-order valence-electron chi connectivity index (χ1n) is 12.1. The van der Waals surface area contributed by atoms with E-state index in [1.165, 1.54) is 66.0 Å². The van der Waals surface area contributed by atoms with Crippen molar-refractivity contribution in [1.29, 1.82) is 0 Å². The summed E-state index contributed by atoms with van der Waals surface area (Å²) in [5.41, 5.74) is 0.403. The molecular formula is C26H34FNO4S2. The summed E-state index contributed by atoms with van der Waals surface area (Å²) in [5, 5.41) is 9.49. The third kappa shape index (κ3) is 7.55. The molecule has 1 saturated heterocycles. The van der Waals surface area contributed by atoms with Crippen LogP contribution in [-0.4, -0.2) is 36.9 Å². The zero-order chi connectivity index (χ0) is 24.4. The van der Waals surface area contributed by atoms with Gasteiger partial charge in [0.2, 0.25) is 10.0 Å². The van der Waals surface area contributed by atoms with Gasteiger partial charge in [0, 0.05) is 23.7 Å². The topological polar surface area (TPSA) is 74.7 Å². The number of halogens is 1. The Morgan fingerprint density at radius 1 is 0.882 bits per heavy atom. The highest BCUT2D eigenvalue weighted by Crippen LogP contribution is 2.33. The summed E-state index contributed by atoms with van der Waals surface area (Å²) in [7, 11) is -3.91. The smallest absolute Gasteiger partial charge is 0.335 e. The molecule has 1 N–H and O–H groups in total. The van der Waals surface area contributed by atoms with E-state index in [0.717, 1.165) is 38.5 Å². The van der Waals surface area contributed by atoms with Crippen molar-refractivity contribution >= 4 is 27.8 Å². The molecule has 3 rings (SSSR count). The Bertz CT molecular complexity index is 1040. The highest BCUT2D eigenvalue weighted by atomic mass is 32.2. The van der Waals surface area contributed by atoms with Crippen molar-refractivity contribution in [3.63, 3.8) is 0 Å². The molecule has 0 aromatic heterocycles. The van der Waals surface area contributed by atoms with Crippen LogP contribution in [-0.2, 0) is 15.8 Å². The maximum atomic E-state index is 14.1. The lowest BCUT2D eigenvalue weighted by atomic mass is 10.1. The number of hydrogen-bond acceptors (Lipinski definition) is 4.